The molecule has 3 rings (SSSR count). The Bertz CT molecular complexity index is 788. The van der Waals surface area contributed by atoms with Crippen molar-refractivity contribution in [3.8, 4) is 0 Å². The quantitative estimate of drug-likeness (QED) is 0.421. The van der Waals surface area contributed by atoms with Crippen LogP contribution in [0.15, 0.2) is 65.7 Å². The van der Waals surface area contributed by atoms with Gasteiger partial charge < -0.3 is 20.7 Å². The van der Waals surface area contributed by atoms with Gasteiger partial charge in [0, 0.05) is 44.4 Å². The summed E-state index contributed by atoms with van der Waals surface area (Å²) in [5, 5.41) is 11.0. The van der Waals surface area contributed by atoms with E-state index in [1.54, 1.807) is 0 Å². The van der Waals surface area contributed by atoms with Crippen molar-refractivity contribution in [1.82, 2.24) is 16.0 Å². The highest BCUT2D eigenvalue weighted by Gasteiger charge is 2.34. The number of rotatable bonds is 9. The molecule has 1 aliphatic heterocycles. The second-order valence-corrected chi connectivity index (χ2v) is 8.66. The molecule has 3 N–H and O–H groups in total. The van der Waals surface area contributed by atoms with Crippen molar-refractivity contribution in [1.29, 1.82) is 0 Å². The molecule has 1 aliphatic rings. The number of hydrogen-bond acceptors (Lipinski definition) is 3. The Morgan fingerprint density at radius 1 is 1.00 bits per heavy atom. The van der Waals surface area contributed by atoms with Gasteiger partial charge in [-0.3, -0.25) is 4.99 Å². The Labute approximate surface area is 187 Å². The van der Waals surface area contributed by atoms with E-state index in [1.165, 1.54) is 11.1 Å². The highest BCUT2D eigenvalue weighted by Crippen LogP contribution is 2.25. The van der Waals surface area contributed by atoms with E-state index in [2.05, 4.69) is 95.5 Å². The van der Waals surface area contributed by atoms with Gasteiger partial charge in [-0.15, -0.1) is 0 Å². The van der Waals surface area contributed by atoms with Crippen molar-refractivity contribution in [2.75, 3.05) is 26.8 Å². The van der Waals surface area contributed by atoms with E-state index in [1.807, 2.05) is 7.05 Å². The minimum atomic E-state index is -0.0155. The van der Waals surface area contributed by atoms with Crippen LogP contribution in [-0.2, 0) is 11.2 Å². The molecule has 5 heteroatoms. The molecule has 0 aliphatic carbocycles. The van der Waals surface area contributed by atoms with Crippen LogP contribution < -0.4 is 16.0 Å². The maximum Gasteiger partial charge on any atom is 0.191 e. The first-order valence-corrected chi connectivity index (χ1v) is 11.5. The van der Waals surface area contributed by atoms with Gasteiger partial charge in [0.1, 0.15) is 0 Å². The molecule has 0 saturated carbocycles. The van der Waals surface area contributed by atoms with Gasteiger partial charge in [0.05, 0.1) is 0 Å². The number of aryl methyl sites for hydroxylation is 1. The van der Waals surface area contributed by atoms with Gasteiger partial charge in [0.2, 0.25) is 0 Å². The van der Waals surface area contributed by atoms with Crippen molar-refractivity contribution < 1.29 is 4.74 Å². The summed E-state index contributed by atoms with van der Waals surface area (Å²) in [6.07, 6.45) is 4.09. The lowest BCUT2D eigenvalue weighted by molar-refractivity contribution is 0.0354. The monoisotopic (exact) mass is 422 g/mol. The van der Waals surface area contributed by atoms with E-state index in [4.69, 9.17) is 4.74 Å². The minimum absolute atomic E-state index is 0.0155. The summed E-state index contributed by atoms with van der Waals surface area (Å²) < 4.78 is 5.67. The second-order valence-electron chi connectivity index (χ2n) is 8.66. The predicted octanol–water partition coefficient (Wildman–Crippen LogP) is 4.07. The SMILES string of the molecule is CN=C(NCC1(NC(C)c2ccccc2)CCOCC1)NC(C)CCc1ccccc1. The van der Waals surface area contributed by atoms with Crippen LogP contribution in [0.3, 0.4) is 0 Å². The highest BCUT2D eigenvalue weighted by atomic mass is 16.5. The van der Waals surface area contributed by atoms with Crippen molar-refractivity contribution >= 4 is 5.96 Å². The fraction of sp³-hybridized carbons (Fsp3) is 0.500. The van der Waals surface area contributed by atoms with Gasteiger partial charge >= 0.3 is 0 Å². The summed E-state index contributed by atoms with van der Waals surface area (Å²) in [5.74, 6) is 0.862. The van der Waals surface area contributed by atoms with E-state index in [9.17, 15) is 0 Å². The molecule has 0 spiro atoms. The third-order valence-corrected chi connectivity index (χ3v) is 6.18. The first-order chi connectivity index (χ1) is 15.1. The molecule has 168 valence electrons. The molecule has 2 unspecified atom stereocenters. The Morgan fingerprint density at radius 2 is 1.65 bits per heavy atom. The summed E-state index contributed by atoms with van der Waals surface area (Å²) in [5.41, 5.74) is 2.67. The first-order valence-electron chi connectivity index (χ1n) is 11.5. The molecule has 0 bridgehead atoms. The van der Waals surface area contributed by atoms with Crippen LogP contribution in [0.5, 0.6) is 0 Å². The lowest BCUT2D eigenvalue weighted by Crippen LogP contribution is -2.58. The zero-order chi connectivity index (χ0) is 21.9. The first kappa shape index (κ1) is 23.3. The van der Waals surface area contributed by atoms with Crippen molar-refractivity contribution in [3.05, 3.63) is 71.8 Å². The van der Waals surface area contributed by atoms with Crippen molar-refractivity contribution in [3.63, 3.8) is 0 Å². The fourth-order valence-electron chi connectivity index (χ4n) is 4.20. The van der Waals surface area contributed by atoms with Crippen LogP contribution in [0.25, 0.3) is 0 Å². The summed E-state index contributed by atoms with van der Waals surface area (Å²) in [6.45, 7) is 6.85. The van der Waals surface area contributed by atoms with Gasteiger partial charge in [0.15, 0.2) is 5.96 Å². The van der Waals surface area contributed by atoms with Crippen LogP contribution >= 0.6 is 0 Å². The average Bonchev–Trinajstić information content (AvgIpc) is 2.82. The molecule has 5 nitrogen and oxygen atoms in total. The molecule has 0 radical (unpaired) electrons. The van der Waals surface area contributed by atoms with E-state index >= 15 is 0 Å². The van der Waals surface area contributed by atoms with Gasteiger partial charge in [-0.1, -0.05) is 60.7 Å². The number of guanidine groups is 1. The Balaban J connectivity index is 1.54. The molecule has 2 aromatic carbocycles. The lowest BCUT2D eigenvalue weighted by atomic mass is 9.88. The van der Waals surface area contributed by atoms with Crippen molar-refractivity contribution in [2.45, 2.75) is 57.2 Å². The third-order valence-electron chi connectivity index (χ3n) is 6.18. The number of ether oxygens (including phenoxy) is 1. The third kappa shape index (κ3) is 7.37. The number of aliphatic imine (C=N–C) groups is 1. The van der Waals surface area contributed by atoms with E-state index in [-0.39, 0.29) is 11.6 Å². The summed E-state index contributed by atoms with van der Waals surface area (Å²) >= 11 is 0. The van der Waals surface area contributed by atoms with Crippen molar-refractivity contribution in [2.24, 2.45) is 4.99 Å². The highest BCUT2D eigenvalue weighted by molar-refractivity contribution is 5.80. The second kappa shape index (κ2) is 11.9. The van der Waals surface area contributed by atoms with Crippen LogP contribution in [-0.4, -0.2) is 44.3 Å². The molecule has 31 heavy (non-hydrogen) atoms. The number of nitrogens with one attached hydrogen (secondary N) is 3. The maximum absolute atomic E-state index is 5.67. The molecule has 0 aromatic heterocycles. The molecular weight excluding hydrogens is 384 g/mol. The Morgan fingerprint density at radius 3 is 2.29 bits per heavy atom. The number of benzene rings is 2. The lowest BCUT2D eigenvalue weighted by Gasteiger charge is -2.41. The number of hydrogen-bond donors (Lipinski definition) is 3. The topological polar surface area (TPSA) is 57.7 Å². The summed E-state index contributed by atoms with van der Waals surface area (Å²) in [4.78, 5) is 4.47. The molecule has 0 amide bonds. The minimum Gasteiger partial charge on any atom is -0.381 e. The van der Waals surface area contributed by atoms with E-state index in [0.717, 1.165) is 51.4 Å². The van der Waals surface area contributed by atoms with E-state index in [0.29, 0.717) is 6.04 Å². The van der Waals surface area contributed by atoms with Gasteiger partial charge in [-0.05, 0) is 50.7 Å². The summed E-state index contributed by atoms with van der Waals surface area (Å²) in [6, 6.07) is 21.9. The smallest absolute Gasteiger partial charge is 0.191 e. The Hall–Kier alpha value is -2.37. The normalized spacial score (nSPS) is 18.2. The standard InChI is InChI=1S/C26H38N4O/c1-21(14-15-23-10-6-4-7-11-23)29-25(27-3)28-20-26(16-18-31-19-17-26)30-22(2)24-12-8-5-9-13-24/h4-13,21-22,30H,14-20H2,1-3H3,(H2,27,28,29). The average molecular weight is 423 g/mol. The molecule has 1 fully saturated rings. The molecule has 2 aromatic rings. The zero-order valence-electron chi connectivity index (χ0n) is 19.2. The van der Waals surface area contributed by atoms with E-state index < -0.39 is 0 Å². The molecule has 2 atom stereocenters. The predicted molar refractivity (Wildman–Crippen MR) is 129 cm³/mol. The van der Waals surface area contributed by atoms with Crippen LogP contribution in [0.2, 0.25) is 0 Å². The van der Waals surface area contributed by atoms with Gasteiger partial charge in [-0.2, -0.15) is 0 Å². The zero-order valence-corrected chi connectivity index (χ0v) is 19.2. The Kier molecular flexibility index (Phi) is 8.92. The molecule has 1 saturated heterocycles. The van der Waals surface area contributed by atoms with Gasteiger partial charge in [0.25, 0.3) is 0 Å². The van der Waals surface area contributed by atoms with Gasteiger partial charge in [-0.25, -0.2) is 0 Å². The number of nitrogens with zero attached hydrogens (tertiary/aromatic N) is 1. The molecular formula is C26H38N4O. The van der Waals surface area contributed by atoms with Crippen LogP contribution in [0.4, 0.5) is 0 Å². The largest absolute Gasteiger partial charge is 0.381 e. The maximum atomic E-state index is 5.67. The molecule has 1 heterocycles. The van der Waals surface area contributed by atoms with Crippen LogP contribution in [0, 0.1) is 0 Å². The van der Waals surface area contributed by atoms with Crippen LogP contribution in [0.1, 0.15) is 50.3 Å². The fourth-order valence-corrected chi connectivity index (χ4v) is 4.20. The summed E-state index contributed by atoms with van der Waals surface area (Å²) in [7, 11) is 1.84.